The van der Waals surface area contributed by atoms with E-state index in [0.29, 0.717) is 0 Å². The highest BCUT2D eigenvalue weighted by molar-refractivity contribution is 6.11. The Bertz CT molecular complexity index is 213. The lowest BCUT2D eigenvalue weighted by Crippen LogP contribution is -2.36. The van der Waals surface area contributed by atoms with E-state index in [4.69, 9.17) is 0 Å². The molecule has 1 atom stereocenters. The van der Waals surface area contributed by atoms with Gasteiger partial charge in [-0.15, -0.1) is 0 Å². The van der Waals surface area contributed by atoms with Gasteiger partial charge in [-0.25, -0.2) is 0 Å². The number of allylic oxidation sites excluding steroid dienone is 1. The van der Waals surface area contributed by atoms with Crippen LogP contribution in [-0.2, 0) is 9.59 Å². The fraction of sp³-hybridized carbons (Fsp3) is 0.429. The standard InChI is InChI=1S/C7H8O3/c1-7(10)3-2-5(8)4-6(7)9/h2-3,10H,4H2,1H3. The Morgan fingerprint density at radius 1 is 1.60 bits per heavy atom. The summed E-state index contributed by atoms with van der Waals surface area (Å²) in [6.07, 6.45) is 2.28. The van der Waals surface area contributed by atoms with Crippen molar-refractivity contribution in [1.29, 1.82) is 0 Å². The molecule has 1 aliphatic carbocycles. The summed E-state index contributed by atoms with van der Waals surface area (Å²) in [5.74, 6) is -0.670. The van der Waals surface area contributed by atoms with Gasteiger partial charge in [-0.1, -0.05) is 0 Å². The van der Waals surface area contributed by atoms with Crippen molar-refractivity contribution in [2.75, 3.05) is 0 Å². The molecule has 0 aromatic carbocycles. The molecule has 1 aliphatic rings. The minimum atomic E-state index is -1.42. The zero-order valence-electron chi connectivity index (χ0n) is 5.63. The van der Waals surface area contributed by atoms with Crippen LogP contribution in [0.15, 0.2) is 12.2 Å². The van der Waals surface area contributed by atoms with E-state index >= 15 is 0 Å². The highest BCUT2D eigenvalue weighted by atomic mass is 16.3. The molecule has 0 amide bonds. The van der Waals surface area contributed by atoms with Crippen molar-refractivity contribution in [1.82, 2.24) is 0 Å². The van der Waals surface area contributed by atoms with Gasteiger partial charge in [0.25, 0.3) is 0 Å². The minimum absolute atomic E-state index is 0.177. The molecule has 0 saturated carbocycles. The van der Waals surface area contributed by atoms with Crippen molar-refractivity contribution >= 4 is 11.6 Å². The second-order valence-electron chi connectivity index (χ2n) is 2.55. The van der Waals surface area contributed by atoms with Gasteiger partial charge in [0, 0.05) is 0 Å². The molecule has 0 aromatic rings. The lowest BCUT2D eigenvalue weighted by atomic mass is 9.91. The number of rotatable bonds is 0. The van der Waals surface area contributed by atoms with Crippen LogP contribution in [0.2, 0.25) is 0 Å². The maximum absolute atomic E-state index is 10.8. The SMILES string of the molecule is CC1(O)C=CC(=O)CC1=O. The average Bonchev–Trinajstić information content (AvgIpc) is 1.81. The molecule has 0 aliphatic heterocycles. The third-order valence-corrected chi connectivity index (χ3v) is 1.49. The number of carbonyl (C=O) groups excluding carboxylic acids is 2. The Balaban J connectivity index is 2.93. The van der Waals surface area contributed by atoms with E-state index in [2.05, 4.69) is 0 Å². The Hall–Kier alpha value is -0.960. The number of hydrogen-bond acceptors (Lipinski definition) is 3. The van der Waals surface area contributed by atoms with Gasteiger partial charge in [0.15, 0.2) is 11.6 Å². The quantitative estimate of drug-likeness (QED) is 0.475. The van der Waals surface area contributed by atoms with Crippen LogP contribution >= 0.6 is 0 Å². The van der Waals surface area contributed by atoms with Gasteiger partial charge in [-0.3, -0.25) is 9.59 Å². The molecular formula is C7H8O3. The van der Waals surface area contributed by atoms with Gasteiger partial charge in [0.2, 0.25) is 0 Å². The summed E-state index contributed by atoms with van der Waals surface area (Å²) in [7, 11) is 0. The van der Waals surface area contributed by atoms with Crippen molar-refractivity contribution in [3.8, 4) is 0 Å². The molecule has 54 valence electrons. The van der Waals surface area contributed by atoms with Crippen molar-refractivity contribution < 1.29 is 14.7 Å². The molecule has 0 spiro atoms. The third-order valence-electron chi connectivity index (χ3n) is 1.49. The van der Waals surface area contributed by atoms with E-state index in [0.717, 1.165) is 0 Å². The second kappa shape index (κ2) is 2.02. The van der Waals surface area contributed by atoms with Gasteiger partial charge in [0.1, 0.15) is 5.60 Å². The van der Waals surface area contributed by atoms with Crippen LogP contribution in [0.1, 0.15) is 13.3 Å². The Morgan fingerprint density at radius 3 is 2.60 bits per heavy atom. The molecule has 10 heavy (non-hydrogen) atoms. The van der Waals surface area contributed by atoms with E-state index in [-0.39, 0.29) is 12.2 Å². The van der Waals surface area contributed by atoms with Crippen LogP contribution in [0.25, 0.3) is 0 Å². The Kier molecular flexibility index (Phi) is 1.45. The molecule has 0 radical (unpaired) electrons. The molecule has 0 fully saturated rings. The molecular weight excluding hydrogens is 132 g/mol. The van der Waals surface area contributed by atoms with Gasteiger partial charge >= 0.3 is 0 Å². The van der Waals surface area contributed by atoms with E-state index in [1.54, 1.807) is 0 Å². The number of aliphatic hydroxyl groups is 1. The fourth-order valence-electron chi connectivity index (χ4n) is 0.744. The minimum Gasteiger partial charge on any atom is -0.378 e. The van der Waals surface area contributed by atoms with Crippen LogP contribution in [0, 0.1) is 0 Å². The van der Waals surface area contributed by atoms with Crippen LogP contribution in [-0.4, -0.2) is 22.3 Å². The first-order valence-electron chi connectivity index (χ1n) is 3.00. The van der Waals surface area contributed by atoms with Crippen LogP contribution < -0.4 is 0 Å². The summed E-state index contributed by atoms with van der Waals surface area (Å²) in [5.41, 5.74) is -1.42. The van der Waals surface area contributed by atoms with Gasteiger partial charge < -0.3 is 5.11 Å². The zero-order valence-corrected chi connectivity index (χ0v) is 5.63. The topological polar surface area (TPSA) is 54.4 Å². The lowest BCUT2D eigenvalue weighted by Gasteiger charge is -2.19. The first-order valence-corrected chi connectivity index (χ1v) is 3.00. The Morgan fingerprint density at radius 2 is 2.20 bits per heavy atom. The summed E-state index contributed by atoms with van der Waals surface area (Å²) < 4.78 is 0. The van der Waals surface area contributed by atoms with E-state index in [9.17, 15) is 14.7 Å². The molecule has 0 saturated heterocycles. The van der Waals surface area contributed by atoms with Gasteiger partial charge in [-0.05, 0) is 19.1 Å². The van der Waals surface area contributed by atoms with Crippen LogP contribution in [0.3, 0.4) is 0 Å². The van der Waals surface area contributed by atoms with E-state index in [1.807, 2.05) is 0 Å². The highest BCUT2D eigenvalue weighted by Gasteiger charge is 2.31. The first kappa shape index (κ1) is 7.15. The van der Waals surface area contributed by atoms with Crippen LogP contribution in [0.5, 0.6) is 0 Å². The van der Waals surface area contributed by atoms with Crippen molar-refractivity contribution in [3.63, 3.8) is 0 Å². The average molecular weight is 140 g/mol. The number of carbonyl (C=O) groups is 2. The molecule has 1 unspecified atom stereocenters. The monoisotopic (exact) mass is 140 g/mol. The lowest BCUT2D eigenvalue weighted by molar-refractivity contribution is -0.135. The normalized spacial score (nSPS) is 33.0. The molecule has 0 heterocycles. The molecule has 0 bridgehead atoms. The van der Waals surface area contributed by atoms with Crippen molar-refractivity contribution in [2.45, 2.75) is 18.9 Å². The Labute approximate surface area is 58.4 Å². The van der Waals surface area contributed by atoms with Gasteiger partial charge in [-0.2, -0.15) is 0 Å². The van der Waals surface area contributed by atoms with Crippen LogP contribution in [0.4, 0.5) is 0 Å². The number of hydrogen-bond donors (Lipinski definition) is 1. The second-order valence-corrected chi connectivity index (χ2v) is 2.55. The smallest absolute Gasteiger partial charge is 0.175 e. The molecule has 1 N–H and O–H groups in total. The predicted molar refractivity (Wildman–Crippen MR) is 34.4 cm³/mol. The molecule has 3 nitrogen and oxygen atoms in total. The van der Waals surface area contributed by atoms with Gasteiger partial charge in [0.05, 0.1) is 6.42 Å². The maximum atomic E-state index is 10.8. The van der Waals surface area contributed by atoms with Crippen molar-refractivity contribution in [2.24, 2.45) is 0 Å². The third kappa shape index (κ3) is 1.14. The predicted octanol–water partition coefficient (Wildman–Crippen LogP) is -0.165. The van der Waals surface area contributed by atoms with Crippen molar-refractivity contribution in [3.05, 3.63) is 12.2 Å². The molecule has 3 heteroatoms. The largest absolute Gasteiger partial charge is 0.378 e. The first-order chi connectivity index (χ1) is 4.52. The summed E-state index contributed by atoms with van der Waals surface area (Å²) in [6, 6.07) is 0. The van der Waals surface area contributed by atoms with E-state index < -0.39 is 11.4 Å². The summed E-state index contributed by atoms with van der Waals surface area (Å²) in [6.45, 7) is 1.37. The highest BCUT2D eigenvalue weighted by Crippen LogP contribution is 2.14. The summed E-state index contributed by atoms with van der Waals surface area (Å²) in [5, 5.41) is 9.17. The number of Topliss-reactive ketones (excluding diaryl/α,β-unsaturated/α-hetero) is 1. The summed E-state index contributed by atoms with van der Waals surface area (Å²) >= 11 is 0. The maximum Gasteiger partial charge on any atom is 0.175 e. The zero-order chi connectivity index (χ0) is 7.78. The molecule has 1 rings (SSSR count). The number of ketones is 2. The summed E-state index contributed by atoms with van der Waals surface area (Å²) in [4.78, 5) is 21.3. The fourth-order valence-corrected chi connectivity index (χ4v) is 0.744. The molecule has 0 aromatic heterocycles. The van der Waals surface area contributed by atoms with E-state index in [1.165, 1.54) is 19.1 Å².